The van der Waals surface area contributed by atoms with Crippen LogP contribution < -0.4 is 0 Å². The maximum absolute atomic E-state index is 10.8. The quantitative estimate of drug-likeness (QED) is 0.451. The van der Waals surface area contributed by atoms with E-state index >= 15 is 0 Å². The van der Waals surface area contributed by atoms with Crippen molar-refractivity contribution in [3.8, 4) is 0 Å². The Hall–Kier alpha value is -0.790. The largest absolute Gasteiger partial charge is 0.461 e. The zero-order chi connectivity index (χ0) is 8.53. The van der Waals surface area contributed by atoms with Gasteiger partial charge in [0.05, 0.1) is 0 Å². The molecule has 11 heavy (non-hydrogen) atoms. The van der Waals surface area contributed by atoms with E-state index in [4.69, 9.17) is 4.74 Å². The van der Waals surface area contributed by atoms with E-state index in [0.717, 1.165) is 12.8 Å². The number of hydrogen-bond acceptors (Lipinski definition) is 2. The lowest BCUT2D eigenvalue weighted by Crippen LogP contribution is -2.03. The van der Waals surface area contributed by atoms with Gasteiger partial charge in [-0.15, -0.1) is 0 Å². The Morgan fingerprint density at radius 2 is 2.27 bits per heavy atom. The molecule has 0 amide bonds. The maximum atomic E-state index is 10.8. The lowest BCUT2D eigenvalue weighted by molar-refractivity contribution is -0.142. The molecule has 0 aromatic rings. The van der Waals surface area contributed by atoms with E-state index in [1.165, 1.54) is 0 Å². The van der Waals surface area contributed by atoms with Crippen LogP contribution in [-0.2, 0) is 9.53 Å². The van der Waals surface area contributed by atoms with Gasteiger partial charge in [-0.3, -0.25) is 4.79 Å². The van der Waals surface area contributed by atoms with Crippen LogP contribution in [-0.4, -0.2) is 12.6 Å². The number of rotatable bonds is 5. The van der Waals surface area contributed by atoms with E-state index in [1.807, 2.05) is 19.1 Å². The van der Waals surface area contributed by atoms with Gasteiger partial charge in [-0.25, -0.2) is 0 Å². The van der Waals surface area contributed by atoms with E-state index in [9.17, 15) is 4.79 Å². The minimum atomic E-state index is -0.0926. The molecule has 0 unspecified atom stereocenters. The molecular formula is C9H16O2. The van der Waals surface area contributed by atoms with Crippen LogP contribution >= 0.6 is 0 Å². The second-order valence-electron chi connectivity index (χ2n) is 2.36. The average molecular weight is 156 g/mol. The zero-order valence-corrected chi connectivity index (χ0v) is 7.30. The Bertz CT molecular complexity index is 128. The zero-order valence-electron chi connectivity index (χ0n) is 7.30. The Morgan fingerprint density at radius 1 is 1.55 bits per heavy atom. The van der Waals surface area contributed by atoms with Crippen LogP contribution in [0.1, 0.15) is 33.1 Å². The van der Waals surface area contributed by atoms with Gasteiger partial charge in [0, 0.05) is 6.42 Å². The van der Waals surface area contributed by atoms with Crippen LogP contribution in [0.2, 0.25) is 0 Å². The molecule has 0 aromatic heterocycles. The van der Waals surface area contributed by atoms with Crippen molar-refractivity contribution in [3.63, 3.8) is 0 Å². The topological polar surface area (TPSA) is 26.3 Å². The molecule has 0 radical (unpaired) electrons. The number of esters is 1. The van der Waals surface area contributed by atoms with Crippen molar-refractivity contribution in [1.29, 1.82) is 0 Å². The molecule has 0 N–H and O–H groups in total. The first-order chi connectivity index (χ1) is 5.31. The normalized spacial score (nSPS) is 10.4. The first-order valence-corrected chi connectivity index (χ1v) is 4.08. The highest BCUT2D eigenvalue weighted by atomic mass is 16.5. The summed E-state index contributed by atoms with van der Waals surface area (Å²) in [5.41, 5.74) is 0. The molecule has 0 aliphatic heterocycles. The number of allylic oxidation sites excluding steroid dienone is 1. The summed E-state index contributed by atoms with van der Waals surface area (Å²) < 4.78 is 4.86. The Labute approximate surface area is 68.2 Å². The first-order valence-electron chi connectivity index (χ1n) is 4.08. The molecule has 0 saturated carbocycles. The van der Waals surface area contributed by atoms with Gasteiger partial charge in [-0.1, -0.05) is 25.5 Å². The van der Waals surface area contributed by atoms with Gasteiger partial charge in [0.1, 0.15) is 6.61 Å². The Balaban J connectivity index is 3.22. The van der Waals surface area contributed by atoms with Gasteiger partial charge >= 0.3 is 5.97 Å². The van der Waals surface area contributed by atoms with Gasteiger partial charge in [0.15, 0.2) is 0 Å². The van der Waals surface area contributed by atoms with Gasteiger partial charge in [0.25, 0.3) is 0 Å². The highest BCUT2D eigenvalue weighted by Crippen LogP contribution is 1.95. The highest BCUT2D eigenvalue weighted by Gasteiger charge is 1.98. The number of carbonyl (C=O) groups is 1. The van der Waals surface area contributed by atoms with Crippen LogP contribution in [0.3, 0.4) is 0 Å². The first kappa shape index (κ1) is 10.2. The molecule has 0 spiro atoms. The van der Waals surface area contributed by atoms with Crippen LogP contribution in [0.5, 0.6) is 0 Å². The number of ether oxygens (including phenoxy) is 1. The summed E-state index contributed by atoms with van der Waals surface area (Å²) in [6, 6.07) is 0. The van der Waals surface area contributed by atoms with Crippen LogP contribution in [0.4, 0.5) is 0 Å². The molecule has 0 aliphatic carbocycles. The van der Waals surface area contributed by atoms with Crippen molar-refractivity contribution in [3.05, 3.63) is 12.2 Å². The molecule has 0 saturated heterocycles. The molecule has 0 fully saturated rings. The second-order valence-corrected chi connectivity index (χ2v) is 2.36. The summed E-state index contributed by atoms with van der Waals surface area (Å²) in [5, 5.41) is 0. The van der Waals surface area contributed by atoms with E-state index in [-0.39, 0.29) is 5.97 Å². The molecule has 2 heteroatoms. The lowest BCUT2D eigenvalue weighted by Gasteiger charge is -1.99. The summed E-state index contributed by atoms with van der Waals surface area (Å²) in [6.07, 6.45) is 6.21. The van der Waals surface area contributed by atoms with E-state index in [1.54, 1.807) is 0 Å². The fraction of sp³-hybridized carbons (Fsp3) is 0.667. The van der Waals surface area contributed by atoms with Gasteiger partial charge in [-0.2, -0.15) is 0 Å². The standard InChI is InChI=1S/C9H16O2/c1-3-5-7-9(10)11-8-6-4-2/h4,6H,3,5,7-8H2,1-2H3/b6-4+. The van der Waals surface area contributed by atoms with Crippen LogP contribution in [0.15, 0.2) is 12.2 Å². The average Bonchev–Trinajstić information content (AvgIpc) is 2.01. The van der Waals surface area contributed by atoms with E-state index in [0.29, 0.717) is 13.0 Å². The lowest BCUT2D eigenvalue weighted by atomic mass is 10.2. The molecule has 0 atom stereocenters. The number of hydrogen-bond donors (Lipinski definition) is 0. The molecular weight excluding hydrogens is 140 g/mol. The molecule has 0 heterocycles. The third-order valence-corrected chi connectivity index (χ3v) is 1.31. The second kappa shape index (κ2) is 7.32. The number of unbranched alkanes of at least 4 members (excludes halogenated alkanes) is 1. The molecule has 0 aliphatic rings. The Kier molecular flexibility index (Phi) is 6.79. The fourth-order valence-corrected chi connectivity index (χ4v) is 0.631. The van der Waals surface area contributed by atoms with Gasteiger partial charge in [0.2, 0.25) is 0 Å². The van der Waals surface area contributed by atoms with Crippen molar-refractivity contribution < 1.29 is 9.53 Å². The minimum absolute atomic E-state index is 0.0926. The monoisotopic (exact) mass is 156 g/mol. The summed E-state index contributed by atoms with van der Waals surface area (Å²) in [7, 11) is 0. The molecule has 0 aromatic carbocycles. The summed E-state index contributed by atoms with van der Waals surface area (Å²) in [4.78, 5) is 10.8. The maximum Gasteiger partial charge on any atom is 0.306 e. The van der Waals surface area contributed by atoms with E-state index in [2.05, 4.69) is 6.92 Å². The summed E-state index contributed by atoms with van der Waals surface area (Å²) in [6.45, 7) is 4.37. The van der Waals surface area contributed by atoms with Crippen molar-refractivity contribution in [2.24, 2.45) is 0 Å². The predicted octanol–water partition coefficient (Wildman–Crippen LogP) is 2.30. The number of carbonyl (C=O) groups excluding carboxylic acids is 1. The Morgan fingerprint density at radius 3 is 2.82 bits per heavy atom. The van der Waals surface area contributed by atoms with Crippen molar-refractivity contribution in [2.75, 3.05) is 6.61 Å². The van der Waals surface area contributed by atoms with Crippen molar-refractivity contribution in [2.45, 2.75) is 33.1 Å². The minimum Gasteiger partial charge on any atom is -0.461 e. The van der Waals surface area contributed by atoms with Crippen LogP contribution in [0, 0.1) is 0 Å². The third kappa shape index (κ3) is 7.10. The summed E-state index contributed by atoms with van der Waals surface area (Å²) in [5.74, 6) is -0.0926. The van der Waals surface area contributed by atoms with Crippen LogP contribution in [0.25, 0.3) is 0 Å². The van der Waals surface area contributed by atoms with Crippen molar-refractivity contribution >= 4 is 5.97 Å². The predicted molar refractivity (Wildman–Crippen MR) is 45.3 cm³/mol. The SMILES string of the molecule is C/C=C/COC(=O)CCCC. The van der Waals surface area contributed by atoms with Gasteiger partial charge < -0.3 is 4.74 Å². The highest BCUT2D eigenvalue weighted by molar-refractivity contribution is 5.69. The molecule has 64 valence electrons. The molecule has 2 nitrogen and oxygen atoms in total. The molecule has 0 rings (SSSR count). The molecule has 0 bridgehead atoms. The van der Waals surface area contributed by atoms with Gasteiger partial charge in [-0.05, 0) is 13.3 Å². The smallest absolute Gasteiger partial charge is 0.306 e. The van der Waals surface area contributed by atoms with Crippen molar-refractivity contribution in [1.82, 2.24) is 0 Å². The fourth-order valence-electron chi connectivity index (χ4n) is 0.631. The summed E-state index contributed by atoms with van der Waals surface area (Å²) >= 11 is 0. The third-order valence-electron chi connectivity index (χ3n) is 1.31. The van der Waals surface area contributed by atoms with E-state index < -0.39 is 0 Å².